The Balaban J connectivity index is 1.47. The fourth-order valence-electron chi connectivity index (χ4n) is 6.79. The fraction of sp³-hybridized carbons (Fsp3) is 0.357. The number of benzene rings is 4. The number of ether oxygens (including phenoxy) is 7. The Bertz CT molecular complexity index is 1870. The quantitative estimate of drug-likeness (QED) is 0.117. The molecular weight excluding hydrogens is 694 g/mol. The van der Waals surface area contributed by atoms with E-state index in [-0.39, 0.29) is 5.91 Å². The van der Waals surface area contributed by atoms with Gasteiger partial charge in [-0.1, -0.05) is 48.5 Å². The molecule has 0 aliphatic carbocycles. The summed E-state index contributed by atoms with van der Waals surface area (Å²) in [7, 11) is 7.69. The van der Waals surface area contributed by atoms with Crippen molar-refractivity contribution in [2.45, 2.75) is 50.2 Å². The highest BCUT2D eigenvalue weighted by Crippen LogP contribution is 2.42. The van der Waals surface area contributed by atoms with Crippen molar-refractivity contribution in [1.29, 1.82) is 0 Å². The number of rotatable bonds is 17. The highest BCUT2D eigenvalue weighted by Gasteiger charge is 2.39. The number of likely N-dealkylation sites (tertiary alicyclic amines) is 1. The van der Waals surface area contributed by atoms with Gasteiger partial charge in [-0.3, -0.25) is 4.79 Å². The molecule has 5 rings (SSSR count). The van der Waals surface area contributed by atoms with Crippen LogP contribution in [0.1, 0.15) is 60.0 Å². The molecule has 4 aromatic carbocycles. The lowest BCUT2D eigenvalue weighted by atomic mass is 9.88. The number of hydrogen-bond acceptors (Lipinski definition) is 10. The number of carbonyl (C=O) groups excluding carboxylic acids is 2. The second-order valence-corrected chi connectivity index (χ2v) is 12.8. The minimum absolute atomic E-state index is 0.261. The molecule has 12 nitrogen and oxygen atoms in total. The summed E-state index contributed by atoms with van der Waals surface area (Å²) < 4.78 is 39.5. The van der Waals surface area contributed by atoms with Crippen LogP contribution in [0.3, 0.4) is 0 Å². The first-order chi connectivity index (χ1) is 26.2. The number of hydrogen-bond donors (Lipinski definition) is 1. The van der Waals surface area contributed by atoms with Gasteiger partial charge in [0, 0.05) is 6.54 Å². The van der Waals surface area contributed by atoms with Crippen molar-refractivity contribution >= 4 is 17.8 Å². The predicted octanol–water partition coefficient (Wildman–Crippen LogP) is 6.62. The largest absolute Gasteiger partial charge is 0.493 e. The molecule has 0 saturated carbocycles. The summed E-state index contributed by atoms with van der Waals surface area (Å²) in [5.74, 6) is 0.00287. The van der Waals surface area contributed by atoms with E-state index in [0.29, 0.717) is 71.4 Å². The van der Waals surface area contributed by atoms with Crippen LogP contribution in [0.2, 0.25) is 0 Å². The average Bonchev–Trinajstić information content (AvgIpc) is 3.21. The van der Waals surface area contributed by atoms with Crippen LogP contribution in [0.15, 0.2) is 84.9 Å². The molecule has 0 radical (unpaired) electrons. The summed E-state index contributed by atoms with van der Waals surface area (Å²) in [5.41, 5.74) is 2.90. The first kappa shape index (κ1) is 39.3. The van der Waals surface area contributed by atoms with Gasteiger partial charge in [-0.2, -0.15) is 0 Å². The summed E-state index contributed by atoms with van der Waals surface area (Å²) in [6, 6.07) is 24.5. The van der Waals surface area contributed by atoms with Gasteiger partial charge in [-0.15, -0.1) is 0 Å². The van der Waals surface area contributed by atoms with Crippen molar-refractivity contribution < 1.29 is 52.6 Å². The van der Waals surface area contributed by atoms with Crippen molar-refractivity contribution in [3.63, 3.8) is 0 Å². The third-order valence-corrected chi connectivity index (χ3v) is 9.45. The lowest BCUT2D eigenvalue weighted by Crippen LogP contribution is -2.50. The maximum absolute atomic E-state index is 14.8. The van der Waals surface area contributed by atoms with Gasteiger partial charge in [0.15, 0.2) is 29.6 Å². The fourth-order valence-corrected chi connectivity index (χ4v) is 6.79. The second kappa shape index (κ2) is 18.7. The van der Waals surface area contributed by atoms with E-state index >= 15 is 0 Å². The lowest BCUT2D eigenvalue weighted by Gasteiger charge is -2.37. The molecule has 1 aliphatic rings. The smallest absolute Gasteiger partial charge is 0.341 e. The van der Waals surface area contributed by atoms with Crippen LogP contribution in [-0.2, 0) is 25.5 Å². The summed E-state index contributed by atoms with van der Waals surface area (Å²) in [6.07, 6.45) is 2.01. The Morgan fingerprint density at radius 3 is 2.06 bits per heavy atom. The van der Waals surface area contributed by atoms with Gasteiger partial charge in [-0.05, 0) is 90.8 Å². The first-order valence-corrected chi connectivity index (χ1v) is 17.7. The summed E-state index contributed by atoms with van der Waals surface area (Å²) in [6.45, 7) is -0.158. The molecule has 1 fully saturated rings. The van der Waals surface area contributed by atoms with Gasteiger partial charge in [0.25, 0.3) is 0 Å². The van der Waals surface area contributed by atoms with Gasteiger partial charge >= 0.3 is 11.9 Å². The average molecular weight is 742 g/mol. The number of aliphatic carboxylic acids is 1. The van der Waals surface area contributed by atoms with Crippen LogP contribution < -0.4 is 28.4 Å². The van der Waals surface area contributed by atoms with E-state index in [1.54, 1.807) is 55.5 Å². The number of nitrogens with zero attached hydrogens (tertiary/aromatic N) is 1. The number of piperidine rings is 1. The van der Waals surface area contributed by atoms with E-state index in [4.69, 9.17) is 33.2 Å². The molecule has 54 heavy (non-hydrogen) atoms. The predicted molar refractivity (Wildman–Crippen MR) is 200 cm³/mol. The minimum Gasteiger partial charge on any atom is -0.493 e. The SMILES string of the molecule is COc1ccc(CC[C@@H](OC(=O)[C@@H]2CCCCN2C(=O)[C@@H](c2ccccc2)c2cc(OC)c(OC)c(OC)c2)c2cccc(OCC(=O)O)c2)cc1OC. The third-order valence-electron chi connectivity index (χ3n) is 9.45. The van der Waals surface area contributed by atoms with Gasteiger partial charge in [0.2, 0.25) is 11.7 Å². The van der Waals surface area contributed by atoms with Crippen LogP contribution in [-0.4, -0.2) is 82.6 Å². The van der Waals surface area contributed by atoms with Gasteiger partial charge < -0.3 is 43.2 Å². The lowest BCUT2D eigenvalue weighted by molar-refractivity contribution is -0.162. The van der Waals surface area contributed by atoms with E-state index in [9.17, 15) is 19.5 Å². The normalized spacial score (nSPS) is 15.0. The molecule has 286 valence electrons. The number of carboxylic acids is 1. The van der Waals surface area contributed by atoms with Gasteiger partial charge in [-0.25, -0.2) is 9.59 Å². The van der Waals surface area contributed by atoms with Crippen molar-refractivity contribution in [3.05, 3.63) is 107 Å². The molecule has 1 amide bonds. The molecular formula is C42H47NO11. The zero-order valence-corrected chi connectivity index (χ0v) is 31.2. The standard InChI is InChI=1S/C42H47NO11/c1-48-34-20-18-27(22-35(34)49-2)17-19-33(29-14-11-15-31(23-29)53-26-38(44)45)54-42(47)32-16-9-10-21-43(32)41(46)39(28-12-7-6-8-13-28)30-24-36(50-3)40(52-5)37(25-30)51-4/h6-8,11-15,18,20,22-25,32-33,39H,9-10,16-17,19,21,26H2,1-5H3,(H,44,45)/t32-,33+,39-/m0/s1. The molecule has 0 spiro atoms. The number of aryl methyl sites for hydroxylation is 1. The van der Waals surface area contributed by atoms with E-state index in [2.05, 4.69) is 0 Å². The third kappa shape index (κ3) is 9.35. The maximum atomic E-state index is 14.8. The first-order valence-electron chi connectivity index (χ1n) is 17.7. The Morgan fingerprint density at radius 1 is 0.722 bits per heavy atom. The molecule has 1 aliphatic heterocycles. The number of amides is 1. The van der Waals surface area contributed by atoms with Crippen LogP contribution in [0, 0.1) is 0 Å². The van der Waals surface area contributed by atoms with Crippen molar-refractivity contribution in [3.8, 4) is 34.5 Å². The molecule has 4 aromatic rings. The van der Waals surface area contributed by atoms with Crippen molar-refractivity contribution in [2.75, 3.05) is 48.7 Å². The number of methoxy groups -OCH3 is 5. The molecule has 1 heterocycles. The van der Waals surface area contributed by atoms with E-state index in [0.717, 1.165) is 24.0 Å². The summed E-state index contributed by atoms with van der Waals surface area (Å²) >= 11 is 0. The summed E-state index contributed by atoms with van der Waals surface area (Å²) in [4.78, 5) is 42.0. The second-order valence-electron chi connectivity index (χ2n) is 12.8. The van der Waals surface area contributed by atoms with Crippen molar-refractivity contribution in [2.24, 2.45) is 0 Å². The molecule has 1 N–H and O–H groups in total. The van der Waals surface area contributed by atoms with Gasteiger partial charge in [0.1, 0.15) is 17.9 Å². The van der Waals surface area contributed by atoms with E-state index < -0.39 is 36.6 Å². The zero-order chi connectivity index (χ0) is 38.6. The van der Waals surface area contributed by atoms with E-state index in [1.165, 1.54) is 21.3 Å². The van der Waals surface area contributed by atoms with Crippen LogP contribution in [0.25, 0.3) is 0 Å². The summed E-state index contributed by atoms with van der Waals surface area (Å²) in [5, 5.41) is 9.17. The highest BCUT2D eigenvalue weighted by molar-refractivity contribution is 5.91. The zero-order valence-electron chi connectivity index (χ0n) is 31.2. The van der Waals surface area contributed by atoms with E-state index in [1.807, 2.05) is 48.5 Å². The van der Waals surface area contributed by atoms with Crippen LogP contribution in [0.4, 0.5) is 0 Å². The van der Waals surface area contributed by atoms with Crippen molar-refractivity contribution in [1.82, 2.24) is 4.90 Å². The topological polar surface area (TPSA) is 139 Å². The number of carboxylic acid groups (broad SMARTS) is 1. The molecule has 12 heteroatoms. The monoisotopic (exact) mass is 741 g/mol. The molecule has 0 aromatic heterocycles. The molecule has 0 bridgehead atoms. The Labute approximate surface area is 315 Å². The Hall–Kier alpha value is -5.91. The number of carbonyl (C=O) groups is 3. The van der Waals surface area contributed by atoms with Crippen LogP contribution >= 0.6 is 0 Å². The molecule has 1 saturated heterocycles. The molecule has 0 unspecified atom stereocenters. The Kier molecular flexibility index (Phi) is 13.6. The number of esters is 1. The van der Waals surface area contributed by atoms with Gasteiger partial charge in [0.05, 0.1) is 41.5 Å². The van der Waals surface area contributed by atoms with Crippen LogP contribution in [0.5, 0.6) is 34.5 Å². The minimum atomic E-state index is -1.11. The molecule has 3 atom stereocenters. The maximum Gasteiger partial charge on any atom is 0.341 e. The highest BCUT2D eigenvalue weighted by atomic mass is 16.5. The Morgan fingerprint density at radius 2 is 1.41 bits per heavy atom.